The molecular formula is C9H17O2P. The third-order valence-electron chi connectivity index (χ3n) is 1.78. The molecule has 0 N–H and O–H groups in total. The predicted octanol–water partition coefficient (Wildman–Crippen LogP) is 2.72. The molecule has 3 heteroatoms. The zero-order valence-corrected chi connectivity index (χ0v) is 9.28. The first-order valence-corrected chi connectivity index (χ1v) is 5.02. The van der Waals surface area contributed by atoms with Gasteiger partial charge in [-0.2, -0.15) is 0 Å². The van der Waals surface area contributed by atoms with E-state index in [9.17, 15) is 0 Å². The third kappa shape index (κ3) is 1.92. The average molecular weight is 188 g/mol. The molecule has 0 aromatic heterocycles. The Morgan fingerprint density at radius 1 is 1.00 bits per heavy atom. The van der Waals surface area contributed by atoms with Crippen LogP contribution in [0.5, 0.6) is 0 Å². The Bertz CT molecular complexity index is 177. The van der Waals surface area contributed by atoms with Crippen LogP contribution >= 0.6 is 9.24 Å². The summed E-state index contributed by atoms with van der Waals surface area (Å²) in [6, 6.07) is -0.181. The summed E-state index contributed by atoms with van der Waals surface area (Å²) in [5.74, 6) is 2.83. The van der Waals surface area contributed by atoms with Crippen molar-refractivity contribution in [2.24, 2.45) is 11.8 Å². The van der Waals surface area contributed by atoms with Crippen molar-refractivity contribution in [3.63, 3.8) is 0 Å². The van der Waals surface area contributed by atoms with Crippen LogP contribution in [0.3, 0.4) is 0 Å². The van der Waals surface area contributed by atoms with Gasteiger partial charge in [0.25, 0.3) is 6.03 Å². The molecule has 2 nitrogen and oxygen atoms in total. The van der Waals surface area contributed by atoms with Gasteiger partial charge in [0.2, 0.25) is 0 Å². The SMILES string of the molecule is CC(C)C1=C(C(C)C)OC(P)O1. The lowest BCUT2D eigenvalue weighted by molar-refractivity contribution is 0.0251. The highest BCUT2D eigenvalue weighted by Gasteiger charge is 2.27. The third-order valence-corrected chi connectivity index (χ3v) is 2.05. The zero-order valence-electron chi connectivity index (χ0n) is 8.13. The van der Waals surface area contributed by atoms with Crippen LogP contribution in [-0.4, -0.2) is 6.03 Å². The smallest absolute Gasteiger partial charge is 0.251 e. The lowest BCUT2D eigenvalue weighted by Gasteiger charge is -2.08. The summed E-state index contributed by atoms with van der Waals surface area (Å²) in [5, 5.41) is 0. The summed E-state index contributed by atoms with van der Waals surface area (Å²) in [6.07, 6.45) is 0. The summed E-state index contributed by atoms with van der Waals surface area (Å²) in [5.41, 5.74) is 0. The monoisotopic (exact) mass is 188 g/mol. The molecule has 70 valence electrons. The largest absolute Gasteiger partial charge is 0.452 e. The number of ether oxygens (including phenoxy) is 2. The first-order valence-electron chi connectivity index (χ1n) is 4.35. The molecule has 0 aliphatic carbocycles. The lowest BCUT2D eigenvalue weighted by atomic mass is 10.1. The molecule has 1 aliphatic rings. The second-order valence-electron chi connectivity index (χ2n) is 3.64. The number of rotatable bonds is 2. The molecule has 0 bridgehead atoms. The van der Waals surface area contributed by atoms with Crippen LogP contribution in [0, 0.1) is 11.8 Å². The fraction of sp³-hybridized carbons (Fsp3) is 0.778. The summed E-state index contributed by atoms with van der Waals surface area (Å²) in [4.78, 5) is 0. The highest BCUT2D eigenvalue weighted by molar-refractivity contribution is 7.17. The van der Waals surface area contributed by atoms with Gasteiger partial charge in [-0.15, -0.1) is 0 Å². The average Bonchev–Trinajstić information content (AvgIpc) is 2.31. The Hall–Kier alpha value is -0.230. The van der Waals surface area contributed by atoms with E-state index < -0.39 is 0 Å². The van der Waals surface area contributed by atoms with E-state index in [2.05, 4.69) is 36.9 Å². The molecule has 0 fully saturated rings. The molecule has 1 aliphatic heterocycles. The van der Waals surface area contributed by atoms with Gasteiger partial charge >= 0.3 is 0 Å². The fourth-order valence-electron chi connectivity index (χ4n) is 1.23. The molecule has 0 spiro atoms. The van der Waals surface area contributed by atoms with E-state index in [1.807, 2.05) is 0 Å². The second kappa shape index (κ2) is 3.66. The van der Waals surface area contributed by atoms with Crippen molar-refractivity contribution < 1.29 is 9.47 Å². The molecule has 1 heterocycles. The van der Waals surface area contributed by atoms with Gasteiger partial charge in [-0.05, 0) is 9.24 Å². The molecule has 0 aromatic rings. The van der Waals surface area contributed by atoms with Gasteiger partial charge in [-0.25, -0.2) is 0 Å². The fourth-order valence-corrected chi connectivity index (χ4v) is 1.52. The summed E-state index contributed by atoms with van der Waals surface area (Å²) < 4.78 is 11.0. The maximum absolute atomic E-state index is 5.52. The Morgan fingerprint density at radius 3 is 1.58 bits per heavy atom. The van der Waals surface area contributed by atoms with Crippen molar-refractivity contribution in [1.29, 1.82) is 0 Å². The van der Waals surface area contributed by atoms with Gasteiger partial charge in [0, 0.05) is 11.8 Å². The van der Waals surface area contributed by atoms with Crippen LogP contribution in [0.25, 0.3) is 0 Å². The van der Waals surface area contributed by atoms with Crippen molar-refractivity contribution in [3.05, 3.63) is 11.5 Å². The molecule has 0 aromatic carbocycles. The van der Waals surface area contributed by atoms with Crippen molar-refractivity contribution in [2.45, 2.75) is 33.7 Å². The van der Waals surface area contributed by atoms with E-state index >= 15 is 0 Å². The Balaban J connectivity index is 2.81. The van der Waals surface area contributed by atoms with Crippen LogP contribution in [0.4, 0.5) is 0 Å². The maximum atomic E-state index is 5.52. The Kier molecular flexibility index (Phi) is 3.00. The van der Waals surface area contributed by atoms with Crippen molar-refractivity contribution in [2.75, 3.05) is 0 Å². The van der Waals surface area contributed by atoms with Crippen molar-refractivity contribution in [3.8, 4) is 0 Å². The molecular weight excluding hydrogens is 171 g/mol. The summed E-state index contributed by atoms with van der Waals surface area (Å²) in [6.45, 7) is 8.46. The lowest BCUT2D eigenvalue weighted by Crippen LogP contribution is -2.00. The number of allylic oxidation sites excluding steroid dienone is 2. The van der Waals surface area contributed by atoms with E-state index in [0.717, 1.165) is 11.5 Å². The number of hydrogen-bond acceptors (Lipinski definition) is 2. The van der Waals surface area contributed by atoms with Gasteiger partial charge in [-0.1, -0.05) is 27.7 Å². The summed E-state index contributed by atoms with van der Waals surface area (Å²) in [7, 11) is 2.52. The van der Waals surface area contributed by atoms with Crippen LogP contribution in [0.2, 0.25) is 0 Å². The van der Waals surface area contributed by atoms with Crippen LogP contribution < -0.4 is 0 Å². The van der Waals surface area contributed by atoms with Crippen LogP contribution in [0.1, 0.15) is 27.7 Å². The highest BCUT2D eigenvalue weighted by atomic mass is 31.0. The quantitative estimate of drug-likeness (QED) is 0.620. The van der Waals surface area contributed by atoms with E-state index in [1.54, 1.807) is 0 Å². The van der Waals surface area contributed by atoms with Crippen LogP contribution in [0.15, 0.2) is 11.5 Å². The van der Waals surface area contributed by atoms with Crippen LogP contribution in [-0.2, 0) is 9.47 Å². The van der Waals surface area contributed by atoms with E-state index in [-0.39, 0.29) is 6.03 Å². The molecule has 0 saturated carbocycles. The molecule has 12 heavy (non-hydrogen) atoms. The van der Waals surface area contributed by atoms with Crippen molar-refractivity contribution >= 4 is 9.24 Å². The van der Waals surface area contributed by atoms with Gasteiger partial charge < -0.3 is 9.47 Å². The minimum Gasteiger partial charge on any atom is -0.452 e. The summed E-state index contributed by atoms with van der Waals surface area (Å²) >= 11 is 0. The highest BCUT2D eigenvalue weighted by Crippen LogP contribution is 2.34. The van der Waals surface area contributed by atoms with Gasteiger partial charge in [0.1, 0.15) is 11.5 Å². The Labute approximate surface area is 76.5 Å². The van der Waals surface area contributed by atoms with Crippen molar-refractivity contribution in [1.82, 2.24) is 0 Å². The molecule has 0 saturated heterocycles. The van der Waals surface area contributed by atoms with Gasteiger partial charge in [-0.3, -0.25) is 0 Å². The normalized spacial score (nSPS) is 18.9. The predicted molar refractivity (Wildman–Crippen MR) is 52.4 cm³/mol. The maximum Gasteiger partial charge on any atom is 0.251 e. The van der Waals surface area contributed by atoms with E-state index in [1.165, 1.54) is 0 Å². The van der Waals surface area contributed by atoms with Gasteiger partial charge in [0.15, 0.2) is 0 Å². The minimum absolute atomic E-state index is 0.181. The van der Waals surface area contributed by atoms with E-state index in [4.69, 9.17) is 9.47 Å². The first-order chi connectivity index (χ1) is 5.52. The standard InChI is InChI=1S/C9H17O2P/c1-5(2)7-8(6(3)4)11-9(12)10-7/h5-6,9H,12H2,1-4H3. The molecule has 1 unspecified atom stereocenters. The molecule has 1 atom stereocenters. The Morgan fingerprint density at radius 2 is 1.33 bits per heavy atom. The minimum atomic E-state index is -0.181. The van der Waals surface area contributed by atoms with E-state index in [0.29, 0.717) is 11.8 Å². The second-order valence-corrected chi connectivity index (χ2v) is 4.19. The zero-order chi connectivity index (χ0) is 9.30. The topological polar surface area (TPSA) is 18.5 Å². The molecule has 0 radical (unpaired) electrons. The molecule has 1 rings (SSSR count). The molecule has 0 amide bonds. The first kappa shape index (κ1) is 9.85. The number of hydrogen-bond donors (Lipinski definition) is 0. The van der Waals surface area contributed by atoms with Gasteiger partial charge in [0.05, 0.1) is 0 Å².